The SMILES string of the molecule is CCOc1c(OC)cc(/C=C(/C#N)C(=O)Nc2ccc(S(N)(=O)=O)cc2)cc1OC. The molecule has 30 heavy (non-hydrogen) atoms. The van der Waals surface area contributed by atoms with Crippen molar-refractivity contribution in [3.8, 4) is 23.3 Å². The van der Waals surface area contributed by atoms with Crippen LogP contribution in [0.1, 0.15) is 12.5 Å². The van der Waals surface area contributed by atoms with E-state index in [1.807, 2.05) is 13.0 Å². The molecular formula is C20H21N3O6S. The number of nitrogens with zero attached hydrogens (tertiary/aromatic N) is 1. The summed E-state index contributed by atoms with van der Waals surface area (Å²) in [7, 11) is -0.909. The van der Waals surface area contributed by atoms with Gasteiger partial charge in [-0.15, -0.1) is 0 Å². The molecule has 9 nitrogen and oxygen atoms in total. The van der Waals surface area contributed by atoms with Crippen LogP contribution in [0.25, 0.3) is 6.08 Å². The lowest BCUT2D eigenvalue weighted by molar-refractivity contribution is -0.112. The van der Waals surface area contributed by atoms with E-state index in [1.54, 1.807) is 12.1 Å². The van der Waals surface area contributed by atoms with Crippen LogP contribution in [0.5, 0.6) is 17.2 Å². The fourth-order valence-electron chi connectivity index (χ4n) is 2.51. The molecule has 0 bridgehead atoms. The first kappa shape index (κ1) is 22.7. The summed E-state index contributed by atoms with van der Waals surface area (Å²) in [6, 6.07) is 10.3. The minimum absolute atomic E-state index is 0.0925. The van der Waals surface area contributed by atoms with Crippen LogP contribution in [0, 0.1) is 11.3 Å². The number of nitrogens with one attached hydrogen (secondary N) is 1. The molecule has 1 amide bonds. The van der Waals surface area contributed by atoms with Gasteiger partial charge < -0.3 is 19.5 Å². The summed E-state index contributed by atoms with van der Waals surface area (Å²) in [5.74, 6) is 0.516. The lowest BCUT2D eigenvalue weighted by Gasteiger charge is -2.14. The van der Waals surface area contributed by atoms with Gasteiger partial charge in [-0.3, -0.25) is 4.79 Å². The number of ether oxygens (including phenoxy) is 3. The number of nitriles is 1. The average Bonchev–Trinajstić information content (AvgIpc) is 2.72. The van der Waals surface area contributed by atoms with Gasteiger partial charge >= 0.3 is 0 Å². The van der Waals surface area contributed by atoms with Gasteiger partial charge in [0.1, 0.15) is 11.6 Å². The standard InChI is InChI=1S/C20H21N3O6S/c1-4-29-19-17(27-2)10-13(11-18(19)28-3)9-14(12-21)20(24)23-15-5-7-16(8-6-15)30(22,25)26/h5-11H,4H2,1-3H3,(H,23,24)(H2,22,25,26)/b14-9-. The summed E-state index contributed by atoms with van der Waals surface area (Å²) in [5, 5.41) is 17.0. The largest absolute Gasteiger partial charge is 0.493 e. The highest BCUT2D eigenvalue weighted by atomic mass is 32.2. The number of primary sulfonamides is 1. The minimum Gasteiger partial charge on any atom is -0.493 e. The molecule has 158 valence electrons. The Labute approximate surface area is 174 Å². The van der Waals surface area contributed by atoms with E-state index in [0.717, 1.165) is 0 Å². The second-order valence-corrected chi connectivity index (χ2v) is 7.44. The maximum absolute atomic E-state index is 12.5. The molecule has 0 spiro atoms. The number of rotatable bonds is 8. The van der Waals surface area contributed by atoms with Crippen molar-refractivity contribution in [1.82, 2.24) is 0 Å². The molecule has 0 radical (unpaired) electrons. The monoisotopic (exact) mass is 431 g/mol. The zero-order valence-electron chi connectivity index (χ0n) is 16.6. The summed E-state index contributed by atoms with van der Waals surface area (Å²) in [4.78, 5) is 12.4. The highest BCUT2D eigenvalue weighted by Crippen LogP contribution is 2.39. The average molecular weight is 431 g/mol. The van der Waals surface area contributed by atoms with Gasteiger partial charge in [-0.05, 0) is 55.0 Å². The molecule has 2 aromatic carbocycles. The van der Waals surface area contributed by atoms with E-state index < -0.39 is 15.9 Å². The number of methoxy groups -OCH3 is 2. The Morgan fingerprint density at radius 1 is 1.17 bits per heavy atom. The predicted octanol–water partition coefficient (Wildman–Crippen LogP) is 2.30. The van der Waals surface area contributed by atoms with E-state index in [0.29, 0.717) is 35.1 Å². The molecule has 0 aliphatic carbocycles. The zero-order valence-corrected chi connectivity index (χ0v) is 17.4. The van der Waals surface area contributed by atoms with Crippen LogP contribution in [0.15, 0.2) is 46.9 Å². The van der Waals surface area contributed by atoms with Crippen molar-refractivity contribution >= 4 is 27.7 Å². The molecule has 0 atom stereocenters. The van der Waals surface area contributed by atoms with Gasteiger partial charge in [0.2, 0.25) is 15.8 Å². The number of carbonyl (C=O) groups excluding carboxylic acids is 1. The van der Waals surface area contributed by atoms with Crippen LogP contribution < -0.4 is 24.7 Å². The normalized spacial score (nSPS) is 11.4. The number of sulfonamides is 1. The molecule has 0 aromatic heterocycles. The first-order valence-electron chi connectivity index (χ1n) is 8.68. The minimum atomic E-state index is -3.84. The number of hydrogen-bond acceptors (Lipinski definition) is 7. The third-order valence-electron chi connectivity index (χ3n) is 3.89. The highest BCUT2D eigenvalue weighted by molar-refractivity contribution is 7.89. The zero-order chi connectivity index (χ0) is 22.3. The number of carbonyl (C=O) groups is 1. The van der Waals surface area contributed by atoms with Crippen molar-refractivity contribution in [1.29, 1.82) is 5.26 Å². The van der Waals surface area contributed by atoms with E-state index in [1.165, 1.54) is 44.6 Å². The molecule has 2 aromatic rings. The van der Waals surface area contributed by atoms with Crippen molar-refractivity contribution in [2.75, 3.05) is 26.1 Å². The second-order valence-electron chi connectivity index (χ2n) is 5.88. The fraction of sp³-hybridized carbons (Fsp3) is 0.200. The van der Waals surface area contributed by atoms with Crippen LogP contribution in [-0.4, -0.2) is 35.2 Å². The van der Waals surface area contributed by atoms with Crippen LogP contribution in [-0.2, 0) is 14.8 Å². The molecule has 2 rings (SSSR count). The lowest BCUT2D eigenvalue weighted by atomic mass is 10.1. The van der Waals surface area contributed by atoms with Crippen molar-refractivity contribution in [3.05, 3.63) is 47.5 Å². The van der Waals surface area contributed by atoms with Gasteiger partial charge in [-0.1, -0.05) is 0 Å². The first-order valence-corrected chi connectivity index (χ1v) is 10.2. The fourth-order valence-corrected chi connectivity index (χ4v) is 3.03. The third kappa shape index (κ3) is 5.50. The maximum Gasteiger partial charge on any atom is 0.266 e. The summed E-state index contributed by atoms with van der Waals surface area (Å²) in [6.45, 7) is 2.22. The Balaban J connectivity index is 2.32. The van der Waals surface area contributed by atoms with Crippen molar-refractivity contribution in [2.45, 2.75) is 11.8 Å². The predicted molar refractivity (Wildman–Crippen MR) is 111 cm³/mol. The van der Waals surface area contributed by atoms with E-state index in [2.05, 4.69) is 5.32 Å². The second kappa shape index (κ2) is 9.78. The van der Waals surface area contributed by atoms with Gasteiger partial charge in [0.15, 0.2) is 11.5 Å². The molecule has 0 saturated heterocycles. The van der Waals surface area contributed by atoms with Crippen molar-refractivity contribution < 1.29 is 27.4 Å². The van der Waals surface area contributed by atoms with E-state index >= 15 is 0 Å². The molecule has 0 fully saturated rings. The van der Waals surface area contributed by atoms with Gasteiger partial charge in [-0.25, -0.2) is 13.6 Å². The van der Waals surface area contributed by atoms with Crippen molar-refractivity contribution in [3.63, 3.8) is 0 Å². The van der Waals surface area contributed by atoms with Gasteiger partial charge in [0.25, 0.3) is 5.91 Å². The molecule has 0 heterocycles. The van der Waals surface area contributed by atoms with Gasteiger partial charge in [0.05, 0.1) is 25.7 Å². The van der Waals surface area contributed by atoms with Gasteiger partial charge in [-0.2, -0.15) is 5.26 Å². The van der Waals surface area contributed by atoms with E-state index in [4.69, 9.17) is 19.3 Å². The van der Waals surface area contributed by atoms with Crippen LogP contribution in [0.3, 0.4) is 0 Å². The number of hydrogen-bond donors (Lipinski definition) is 2. The highest BCUT2D eigenvalue weighted by Gasteiger charge is 2.16. The topological polar surface area (TPSA) is 141 Å². The van der Waals surface area contributed by atoms with Gasteiger partial charge in [0, 0.05) is 5.69 Å². The quantitative estimate of drug-likeness (QED) is 0.482. The molecule has 0 saturated carbocycles. The smallest absolute Gasteiger partial charge is 0.266 e. The molecule has 0 unspecified atom stereocenters. The molecular weight excluding hydrogens is 410 g/mol. The summed E-state index contributed by atoms with van der Waals surface area (Å²) in [5.41, 5.74) is 0.609. The summed E-state index contributed by atoms with van der Waals surface area (Å²) < 4.78 is 38.8. The number of anilines is 1. The summed E-state index contributed by atoms with van der Waals surface area (Å²) >= 11 is 0. The van der Waals surface area contributed by atoms with Crippen molar-refractivity contribution in [2.24, 2.45) is 5.14 Å². The number of amides is 1. The van der Waals surface area contributed by atoms with Crippen LogP contribution >= 0.6 is 0 Å². The van der Waals surface area contributed by atoms with Crippen LogP contribution in [0.2, 0.25) is 0 Å². The Bertz CT molecular complexity index is 1080. The number of benzene rings is 2. The molecule has 0 aliphatic heterocycles. The Hall–Kier alpha value is -3.55. The Morgan fingerprint density at radius 3 is 2.17 bits per heavy atom. The summed E-state index contributed by atoms with van der Waals surface area (Å²) in [6.07, 6.45) is 1.37. The van der Waals surface area contributed by atoms with E-state index in [9.17, 15) is 18.5 Å². The number of nitrogens with two attached hydrogens (primary N) is 1. The maximum atomic E-state index is 12.5. The first-order chi connectivity index (χ1) is 14.2. The lowest BCUT2D eigenvalue weighted by Crippen LogP contribution is -2.14. The Morgan fingerprint density at radius 2 is 1.73 bits per heavy atom. The van der Waals surface area contributed by atoms with Crippen LogP contribution in [0.4, 0.5) is 5.69 Å². The molecule has 0 aliphatic rings. The van der Waals surface area contributed by atoms with E-state index in [-0.39, 0.29) is 10.5 Å². The third-order valence-corrected chi connectivity index (χ3v) is 4.82. The Kier molecular flexibility index (Phi) is 7.41. The molecule has 10 heteroatoms. The molecule has 3 N–H and O–H groups in total.